The van der Waals surface area contributed by atoms with Crippen molar-refractivity contribution in [3.05, 3.63) is 35.5 Å². The summed E-state index contributed by atoms with van der Waals surface area (Å²) in [6, 6.07) is 7.66. The van der Waals surface area contributed by atoms with Crippen molar-refractivity contribution in [3.8, 4) is 0 Å². The average Bonchev–Trinajstić information content (AvgIpc) is 2.35. The summed E-state index contributed by atoms with van der Waals surface area (Å²) >= 11 is 12.0. The zero-order chi connectivity index (χ0) is 12.3. The molecule has 0 aliphatic heterocycles. The van der Waals surface area contributed by atoms with E-state index in [1.54, 1.807) is 6.20 Å². The standard InChI is InChI=1S/C13H14Cl2N2/c1-2-9(14)8-17-12-5-6-16-13-7-10(15)3-4-11(12)13/h3-7,9H,2,8H2,1H3,(H,16,17). The number of alkyl halides is 1. The van der Waals surface area contributed by atoms with Crippen molar-refractivity contribution < 1.29 is 0 Å². The highest BCUT2D eigenvalue weighted by atomic mass is 35.5. The van der Waals surface area contributed by atoms with E-state index in [9.17, 15) is 0 Å². The average molecular weight is 269 g/mol. The monoisotopic (exact) mass is 268 g/mol. The van der Waals surface area contributed by atoms with E-state index in [4.69, 9.17) is 23.2 Å². The van der Waals surface area contributed by atoms with Crippen LogP contribution in [0.4, 0.5) is 5.69 Å². The number of anilines is 1. The fourth-order valence-electron chi connectivity index (χ4n) is 1.64. The number of halogens is 2. The molecule has 0 saturated heterocycles. The molecule has 2 nitrogen and oxygen atoms in total. The molecule has 1 unspecified atom stereocenters. The lowest BCUT2D eigenvalue weighted by Gasteiger charge is -2.12. The van der Waals surface area contributed by atoms with Gasteiger partial charge in [-0.25, -0.2) is 0 Å². The van der Waals surface area contributed by atoms with Gasteiger partial charge >= 0.3 is 0 Å². The molecule has 0 aliphatic rings. The quantitative estimate of drug-likeness (QED) is 0.836. The maximum absolute atomic E-state index is 6.09. The van der Waals surface area contributed by atoms with Crippen LogP contribution in [0.25, 0.3) is 10.9 Å². The number of benzene rings is 1. The topological polar surface area (TPSA) is 24.9 Å². The van der Waals surface area contributed by atoms with Crippen molar-refractivity contribution in [2.75, 3.05) is 11.9 Å². The minimum atomic E-state index is 0.144. The molecule has 0 fully saturated rings. The molecule has 0 spiro atoms. The van der Waals surface area contributed by atoms with Gasteiger partial charge in [0.15, 0.2) is 0 Å². The largest absolute Gasteiger partial charge is 0.383 e. The van der Waals surface area contributed by atoms with Crippen molar-refractivity contribution in [1.82, 2.24) is 4.98 Å². The second-order valence-electron chi connectivity index (χ2n) is 3.91. The van der Waals surface area contributed by atoms with Crippen molar-refractivity contribution in [2.45, 2.75) is 18.7 Å². The first kappa shape index (κ1) is 12.5. The van der Waals surface area contributed by atoms with Gasteiger partial charge in [0, 0.05) is 28.8 Å². The first-order valence-electron chi connectivity index (χ1n) is 5.63. The van der Waals surface area contributed by atoms with Crippen LogP contribution in [0.15, 0.2) is 30.5 Å². The van der Waals surface area contributed by atoms with Gasteiger partial charge in [-0.15, -0.1) is 11.6 Å². The van der Waals surface area contributed by atoms with Crippen molar-refractivity contribution in [3.63, 3.8) is 0 Å². The maximum atomic E-state index is 6.09. The zero-order valence-electron chi connectivity index (χ0n) is 9.58. The van der Waals surface area contributed by atoms with Crippen molar-refractivity contribution >= 4 is 39.8 Å². The predicted octanol–water partition coefficient (Wildman–Crippen LogP) is 4.32. The molecule has 0 amide bonds. The van der Waals surface area contributed by atoms with Crippen molar-refractivity contribution in [1.29, 1.82) is 0 Å². The Morgan fingerprint density at radius 2 is 2.18 bits per heavy atom. The third-order valence-electron chi connectivity index (χ3n) is 2.66. The van der Waals surface area contributed by atoms with E-state index in [1.807, 2.05) is 24.3 Å². The molecule has 1 heterocycles. The Bertz CT molecular complexity index is 514. The summed E-state index contributed by atoms with van der Waals surface area (Å²) in [6.07, 6.45) is 2.72. The van der Waals surface area contributed by atoms with Crippen LogP contribution in [0.2, 0.25) is 5.02 Å². The Balaban J connectivity index is 2.28. The highest BCUT2D eigenvalue weighted by Crippen LogP contribution is 2.24. The number of aromatic nitrogens is 1. The highest BCUT2D eigenvalue weighted by molar-refractivity contribution is 6.31. The molecule has 1 aromatic heterocycles. The molecule has 90 valence electrons. The van der Waals surface area contributed by atoms with E-state index in [2.05, 4.69) is 17.2 Å². The summed E-state index contributed by atoms with van der Waals surface area (Å²) < 4.78 is 0. The second-order valence-corrected chi connectivity index (χ2v) is 4.96. The molecule has 0 aliphatic carbocycles. The molecular formula is C13H14Cl2N2. The van der Waals surface area contributed by atoms with E-state index in [0.29, 0.717) is 5.02 Å². The van der Waals surface area contributed by atoms with Gasteiger partial charge in [-0.1, -0.05) is 18.5 Å². The zero-order valence-corrected chi connectivity index (χ0v) is 11.1. The summed E-state index contributed by atoms with van der Waals surface area (Å²) in [7, 11) is 0. The van der Waals surface area contributed by atoms with Gasteiger partial charge in [-0.3, -0.25) is 4.98 Å². The van der Waals surface area contributed by atoms with Gasteiger partial charge in [0.25, 0.3) is 0 Å². The van der Waals surface area contributed by atoms with E-state index in [-0.39, 0.29) is 5.38 Å². The van der Waals surface area contributed by atoms with E-state index >= 15 is 0 Å². The minimum absolute atomic E-state index is 0.144. The van der Waals surface area contributed by atoms with E-state index in [0.717, 1.165) is 29.6 Å². The lowest BCUT2D eigenvalue weighted by molar-refractivity contribution is 0.844. The molecule has 2 aromatic rings. The van der Waals surface area contributed by atoms with Crippen molar-refractivity contribution in [2.24, 2.45) is 0 Å². The molecule has 4 heteroatoms. The predicted molar refractivity (Wildman–Crippen MR) is 75.2 cm³/mol. The van der Waals surface area contributed by atoms with Crippen LogP contribution in [0.5, 0.6) is 0 Å². The molecule has 1 N–H and O–H groups in total. The van der Waals surface area contributed by atoms with Crippen LogP contribution in [0.1, 0.15) is 13.3 Å². The lowest BCUT2D eigenvalue weighted by Crippen LogP contribution is -2.13. The maximum Gasteiger partial charge on any atom is 0.0737 e. The van der Waals surface area contributed by atoms with Gasteiger partial charge in [-0.2, -0.15) is 0 Å². The molecule has 0 radical (unpaired) electrons. The van der Waals surface area contributed by atoms with Gasteiger partial charge in [-0.05, 0) is 30.7 Å². The smallest absolute Gasteiger partial charge is 0.0737 e. The molecular weight excluding hydrogens is 255 g/mol. The minimum Gasteiger partial charge on any atom is -0.383 e. The third kappa shape index (κ3) is 3.02. The Morgan fingerprint density at radius 1 is 1.35 bits per heavy atom. The van der Waals surface area contributed by atoms with Gasteiger partial charge in [0.05, 0.1) is 10.9 Å². The summed E-state index contributed by atoms with van der Waals surface area (Å²) in [4.78, 5) is 4.29. The number of fused-ring (bicyclic) bond motifs is 1. The SMILES string of the molecule is CCC(Cl)CNc1ccnc2cc(Cl)ccc12. The van der Waals surface area contributed by atoms with E-state index in [1.165, 1.54) is 0 Å². The van der Waals surface area contributed by atoms with Crippen LogP contribution in [-0.2, 0) is 0 Å². The summed E-state index contributed by atoms with van der Waals surface area (Å²) in [6.45, 7) is 2.82. The first-order valence-corrected chi connectivity index (χ1v) is 6.44. The summed E-state index contributed by atoms with van der Waals surface area (Å²) in [5.41, 5.74) is 1.94. The fraction of sp³-hybridized carbons (Fsp3) is 0.308. The van der Waals surface area contributed by atoms with Gasteiger partial charge < -0.3 is 5.32 Å². The van der Waals surface area contributed by atoms with Crippen LogP contribution in [0, 0.1) is 0 Å². The molecule has 1 atom stereocenters. The number of rotatable bonds is 4. The third-order valence-corrected chi connectivity index (χ3v) is 3.36. The molecule has 1 aromatic carbocycles. The Hall–Kier alpha value is -0.990. The number of nitrogens with one attached hydrogen (secondary N) is 1. The Kier molecular flexibility index (Phi) is 4.08. The molecule has 2 rings (SSSR count). The van der Waals surface area contributed by atoms with E-state index < -0.39 is 0 Å². The van der Waals surface area contributed by atoms with Crippen LogP contribution in [0.3, 0.4) is 0 Å². The highest BCUT2D eigenvalue weighted by Gasteiger charge is 2.04. The van der Waals surface area contributed by atoms with Gasteiger partial charge in [0.2, 0.25) is 0 Å². The fourth-order valence-corrected chi connectivity index (χ4v) is 1.88. The normalized spacial score (nSPS) is 12.6. The number of nitrogens with zero attached hydrogens (tertiary/aromatic N) is 1. The first-order chi connectivity index (χ1) is 8.20. The number of pyridine rings is 1. The molecule has 0 bridgehead atoms. The second kappa shape index (κ2) is 5.56. The number of hydrogen-bond acceptors (Lipinski definition) is 2. The lowest BCUT2D eigenvalue weighted by atomic mass is 10.2. The Morgan fingerprint density at radius 3 is 2.94 bits per heavy atom. The Labute approximate surface area is 111 Å². The molecule has 17 heavy (non-hydrogen) atoms. The van der Waals surface area contributed by atoms with Crippen LogP contribution >= 0.6 is 23.2 Å². The van der Waals surface area contributed by atoms with Crippen LogP contribution in [-0.4, -0.2) is 16.9 Å². The summed E-state index contributed by atoms with van der Waals surface area (Å²) in [5.74, 6) is 0. The van der Waals surface area contributed by atoms with Gasteiger partial charge in [0.1, 0.15) is 0 Å². The molecule has 0 saturated carbocycles. The summed E-state index contributed by atoms with van der Waals surface area (Å²) in [5, 5.41) is 5.25. The number of hydrogen-bond donors (Lipinski definition) is 1. The van der Waals surface area contributed by atoms with Crippen LogP contribution < -0.4 is 5.32 Å².